The Bertz CT molecular complexity index is 1100. The highest BCUT2D eigenvalue weighted by atomic mass is 35.5. The van der Waals surface area contributed by atoms with Gasteiger partial charge in [0.1, 0.15) is 5.75 Å². The molecule has 2 atom stereocenters. The molecule has 2 aromatic carbocycles. The topological polar surface area (TPSA) is 67.2 Å². The molecule has 0 radical (unpaired) electrons. The van der Waals surface area contributed by atoms with Crippen LogP contribution in [0.2, 0.25) is 5.02 Å². The third kappa shape index (κ3) is 3.06. The van der Waals surface area contributed by atoms with Crippen molar-refractivity contribution in [1.82, 2.24) is 9.99 Å². The number of hydrogen-bond acceptors (Lipinski definition) is 6. The van der Waals surface area contributed by atoms with Crippen LogP contribution in [0.5, 0.6) is 17.2 Å². The predicted molar refractivity (Wildman–Crippen MR) is 109 cm³/mol. The second-order valence-electron chi connectivity index (χ2n) is 6.97. The van der Waals surface area contributed by atoms with E-state index >= 15 is 0 Å². The molecule has 3 heterocycles. The number of hydrazone groups is 1. The quantitative estimate of drug-likeness (QED) is 0.682. The number of fused-ring (bicyclic) bond motifs is 3. The molecule has 0 bridgehead atoms. The van der Waals surface area contributed by atoms with Crippen molar-refractivity contribution in [2.45, 2.75) is 18.7 Å². The van der Waals surface area contributed by atoms with Gasteiger partial charge in [-0.3, -0.25) is 4.98 Å². The van der Waals surface area contributed by atoms with Gasteiger partial charge in [0, 0.05) is 40.5 Å². The van der Waals surface area contributed by atoms with Crippen LogP contribution in [-0.2, 0) is 0 Å². The molecular formula is C22H18ClN3O3. The van der Waals surface area contributed by atoms with Crippen LogP contribution in [0.3, 0.4) is 0 Å². The van der Waals surface area contributed by atoms with Gasteiger partial charge in [-0.25, -0.2) is 5.01 Å². The van der Waals surface area contributed by atoms with E-state index in [0.717, 1.165) is 28.2 Å². The second kappa shape index (κ2) is 6.97. The molecule has 1 aromatic heterocycles. The summed E-state index contributed by atoms with van der Waals surface area (Å²) in [4.78, 5) is 4.23. The number of benzene rings is 2. The van der Waals surface area contributed by atoms with Crippen molar-refractivity contribution in [1.29, 1.82) is 0 Å². The van der Waals surface area contributed by atoms with E-state index in [4.69, 9.17) is 26.2 Å². The standard InChI is InChI=1S/C22H18ClN3O3/c1-28-21-9-13(4-6-19(21)27)17-11-18-16-10-15(23)5-7-20(16)29-22(26(18)25-17)14-3-2-8-24-12-14/h2-10,12,18,22,27H,11H2,1H3/t18-,22+/m1/s1. The average molecular weight is 408 g/mol. The lowest BCUT2D eigenvalue weighted by Gasteiger charge is -2.38. The van der Waals surface area contributed by atoms with Crippen molar-refractivity contribution < 1.29 is 14.6 Å². The molecule has 0 unspecified atom stereocenters. The van der Waals surface area contributed by atoms with Gasteiger partial charge in [0.15, 0.2) is 11.5 Å². The van der Waals surface area contributed by atoms with Crippen molar-refractivity contribution in [3.05, 3.63) is 82.6 Å². The molecule has 2 aliphatic heterocycles. The fraction of sp³-hybridized carbons (Fsp3) is 0.182. The molecule has 0 spiro atoms. The summed E-state index contributed by atoms with van der Waals surface area (Å²) >= 11 is 6.27. The van der Waals surface area contributed by atoms with E-state index < -0.39 is 0 Å². The zero-order chi connectivity index (χ0) is 20.0. The first-order valence-electron chi connectivity index (χ1n) is 9.23. The van der Waals surface area contributed by atoms with Gasteiger partial charge in [-0.05, 0) is 42.5 Å². The van der Waals surface area contributed by atoms with Crippen LogP contribution in [0, 0.1) is 0 Å². The maximum atomic E-state index is 9.92. The van der Waals surface area contributed by atoms with Gasteiger partial charge in [0.25, 0.3) is 0 Å². The predicted octanol–water partition coefficient (Wildman–Crippen LogP) is 4.69. The Morgan fingerprint density at radius 2 is 2.10 bits per heavy atom. The van der Waals surface area contributed by atoms with Crippen molar-refractivity contribution >= 4 is 17.3 Å². The van der Waals surface area contributed by atoms with Gasteiger partial charge >= 0.3 is 0 Å². The first-order valence-corrected chi connectivity index (χ1v) is 9.61. The zero-order valence-corrected chi connectivity index (χ0v) is 16.4. The number of halogens is 1. The molecule has 0 saturated carbocycles. The van der Waals surface area contributed by atoms with Crippen LogP contribution < -0.4 is 9.47 Å². The van der Waals surface area contributed by atoms with Crippen LogP contribution in [-0.4, -0.2) is 27.9 Å². The lowest BCUT2D eigenvalue weighted by molar-refractivity contribution is -0.0192. The zero-order valence-electron chi connectivity index (χ0n) is 15.6. The third-order valence-corrected chi connectivity index (χ3v) is 5.47. The molecule has 0 saturated heterocycles. The van der Waals surface area contributed by atoms with Crippen molar-refractivity contribution in [3.8, 4) is 17.2 Å². The summed E-state index contributed by atoms with van der Waals surface area (Å²) in [6.45, 7) is 0. The summed E-state index contributed by atoms with van der Waals surface area (Å²) in [6.07, 6.45) is 3.82. The van der Waals surface area contributed by atoms with Crippen LogP contribution in [0.1, 0.15) is 35.4 Å². The molecule has 6 nitrogen and oxygen atoms in total. The molecule has 0 aliphatic carbocycles. The highest BCUT2D eigenvalue weighted by molar-refractivity contribution is 6.30. The Morgan fingerprint density at radius 1 is 1.21 bits per heavy atom. The molecule has 146 valence electrons. The van der Waals surface area contributed by atoms with Crippen molar-refractivity contribution in [2.75, 3.05) is 7.11 Å². The van der Waals surface area contributed by atoms with E-state index in [-0.39, 0.29) is 18.0 Å². The Morgan fingerprint density at radius 3 is 2.90 bits per heavy atom. The lowest BCUT2D eigenvalue weighted by atomic mass is 9.96. The summed E-state index contributed by atoms with van der Waals surface area (Å²) in [5.41, 5.74) is 3.70. The first-order chi connectivity index (χ1) is 14.1. The highest BCUT2D eigenvalue weighted by Crippen LogP contribution is 2.48. The fourth-order valence-corrected chi connectivity index (χ4v) is 4.01. The number of ether oxygens (including phenoxy) is 2. The van der Waals surface area contributed by atoms with Gasteiger partial charge in [-0.15, -0.1) is 0 Å². The summed E-state index contributed by atoms with van der Waals surface area (Å²) in [7, 11) is 1.53. The number of pyridine rings is 1. The lowest BCUT2D eigenvalue weighted by Crippen LogP contribution is -2.33. The molecule has 3 aromatic rings. The van der Waals surface area contributed by atoms with E-state index in [1.165, 1.54) is 7.11 Å². The molecule has 2 aliphatic rings. The fourth-order valence-electron chi connectivity index (χ4n) is 3.83. The Hall–Kier alpha value is -3.25. The van der Waals surface area contributed by atoms with E-state index in [2.05, 4.69) is 4.98 Å². The normalized spacial score (nSPS) is 19.8. The smallest absolute Gasteiger partial charge is 0.215 e. The summed E-state index contributed by atoms with van der Waals surface area (Å²) in [6, 6.07) is 14.8. The van der Waals surface area contributed by atoms with Gasteiger partial charge in [0.2, 0.25) is 6.23 Å². The molecule has 29 heavy (non-hydrogen) atoms. The molecule has 0 amide bonds. The maximum absolute atomic E-state index is 9.92. The minimum atomic E-state index is -0.390. The van der Waals surface area contributed by atoms with Gasteiger partial charge in [-0.1, -0.05) is 17.7 Å². The van der Waals surface area contributed by atoms with Gasteiger partial charge in [-0.2, -0.15) is 5.10 Å². The molecule has 5 rings (SSSR count). The maximum Gasteiger partial charge on any atom is 0.215 e. The summed E-state index contributed by atoms with van der Waals surface area (Å²) in [5, 5.41) is 17.4. The number of rotatable bonds is 3. The molecular weight excluding hydrogens is 390 g/mol. The average Bonchev–Trinajstić information content (AvgIpc) is 3.20. The summed E-state index contributed by atoms with van der Waals surface area (Å²) in [5.74, 6) is 1.31. The van der Waals surface area contributed by atoms with E-state index in [1.807, 2.05) is 41.4 Å². The number of phenols is 1. The van der Waals surface area contributed by atoms with Crippen LogP contribution in [0.4, 0.5) is 0 Å². The first kappa shape index (κ1) is 17.8. The van der Waals surface area contributed by atoms with Crippen LogP contribution in [0.15, 0.2) is 66.0 Å². The van der Waals surface area contributed by atoms with Crippen LogP contribution in [0.25, 0.3) is 0 Å². The summed E-state index contributed by atoms with van der Waals surface area (Å²) < 4.78 is 11.5. The molecule has 1 N–H and O–H groups in total. The Kier molecular flexibility index (Phi) is 4.28. The van der Waals surface area contributed by atoms with E-state index in [1.54, 1.807) is 24.5 Å². The minimum absolute atomic E-state index is 0.0162. The minimum Gasteiger partial charge on any atom is -0.504 e. The SMILES string of the molecule is COc1cc(C2=NN3[C@H](C2)c2cc(Cl)ccc2O[C@H]3c2cccnc2)ccc1O. The van der Waals surface area contributed by atoms with Crippen molar-refractivity contribution in [2.24, 2.45) is 5.10 Å². The monoisotopic (exact) mass is 407 g/mol. The van der Waals surface area contributed by atoms with Crippen LogP contribution >= 0.6 is 11.6 Å². The number of aromatic hydroxyl groups is 1. The third-order valence-electron chi connectivity index (χ3n) is 5.23. The number of nitrogens with zero attached hydrogens (tertiary/aromatic N) is 3. The second-order valence-corrected chi connectivity index (χ2v) is 7.41. The van der Waals surface area contributed by atoms with E-state index in [9.17, 15) is 5.11 Å². The highest BCUT2D eigenvalue weighted by Gasteiger charge is 2.41. The van der Waals surface area contributed by atoms with Gasteiger partial charge in [0.05, 0.1) is 18.9 Å². The Labute approximate surface area is 173 Å². The largest absolute Gasteiger partial charge is 0.504 e. The van der Waals surface area contributed by atoms with Crippen molar-refractivity contribution in [3.63, 3.8) is 0 Å². The molecule has 0 fully saturated rings. The number of aromatic nitrogens is 1. The van der Waals surface area contributed by atoms with E-state index in [0.29, 0.717) is 17.2 Å². The number of phenolic OH excluding ortho intramolecular Hbond substituents is 1. The number of hydrogen-bond donors (Lipinski definition) is 1. The Balaban J connectivity index is 1.60. The molecule has 7 heteroatoms. The van der Waals surface area contributed by atoms with Gasteiger partial charge < -0.3 is 14.6 Å². The number of methoxy groups -OCH3 is 1.